The first-order valence-electron chi connectivity index (χ1n) is 4.95. The second kappa shape index (κ2) is 5.00. The van der Waals surface area contributed by atoms with E-state index in [0.29, 0.717) is 0 Å². The van der Waals surface area contributed by atoms with E-state index >= 15 is 0 Å². The number of Topliss-reactive ketones (excluding diaryl/α,β-unsaturated/α-hetero) is 1. The van der Waals surface area contributed by atoms with Gasteiger partial charge in [-0.1, -0.05) is 25.1 Å². The Bertz CT molecular complexity index is 460. The Morgan fingerprint density at radius 3 is 2.53 bits per heavy atom. The minimum atomic E-state index is -4.56. The van der Waals surface area contributed by atoms with Crippen LogP contribution in [0.3, 0.4) is 0 Å². The number of benzene rings is 1. The molecule has 0 N–H and O–H groups in total. The Balaban J connectivity index is 3.15. The van der Waals surface area contributed by atoms with Crippen LogP contribution in [0.4, 0.5) is 13.2 Å². The van der Waals surface area contributed by atoms with Crippen LogP contribution in [-0.2, 0) is 6.18 Å². The van der Waals surface area contributed by atoms with Crippen molar-refractivity contribution in [3.63, 3.8) is 0 Å². The fourth-order valence-electron chi connectivity index (χ4n) is 1.44. The highest BCUT2D eigenvalue weighted by molar-refractivity contribution is 5.99. The largest absolute Gasteiger partial charge is 0.417 e. The van der Waals surface area contributed by atoms with Crippen LogP contribution in [0.5, 0.6) is 0 Å². The molecule has 5 heteroatoms. The van der Waals surface area contributed by atoms with E-state index in [1.807, 2.05) is 0 Å². The molecule has 0 aliphatic rings. The van der Waals surface area contributed by atoms with E-state index in [-0.39, 0.29) is 12.0 Å². The molecule has 90 valence electrons. The summed E-state index contributed by atoms with van der Waals surface area (Å²) in [7, 11) is 0. The highest BCUT2D eigenvalue weighted by atomic mass is 19.4. The lowest BCUT2D eigenvalue weighted by Gasteiger charge is -2.13. The molecule has 0 heterocycles. The molecule has 0 amide bonds. The smallest absolute Gasteiger partial charge is 0.294 e. The molecule has 0 saturated carbocycles. The van der Waals surface area contributed by atoms with Gasteiger partial charge in [-0.2, -0.15) is 18.4 Å². The Morgan fingerprint density at radius 2 is 2.00 bits per heavy atom. The third-order valence-electron chi connectivity index (χ3n) is 2.34. The topological polar surface area (TPSA) is 40.9 Å². The van der Waals surface area contributed by atoms with Crippen molar-refractivity contribution in [3.8, 4) is 6.07 Å². The molecular formula is C12H10F3NO. The van der Waals surface area contributed by atoms with E-state index in [2.05, 4.69) is 0 Å². The van der Waals surface area contributed by atoms with Gasteiger partial charge in [0.05, 0.1) is 11.6 Å². The standard InChI is InChI=1S/C12H10F3NO/c1-8(6-7-16)11(17)9-4-2-3-5-10(9)12(13,14)15/h2-5,8H,6H2,1H3. The number of nitriles is 1. The lowest BCUT2D eigenvalue weighted by Crippen LogP contribution is -2.17. The van der Waals surface area contributed by atoms with E-state index < -0.39 is 23.4 Å². The van der Waals surface area contributed by atoms with Gasteiger partial charge in [0.2, 0.25) is 0 Å². The average Bonchev–Trinajstić information content (AvgIpc) is 2.27. The van der Waals surface area contributed by atoms with Gasteiger partial charge in [0.15, 0.2) is 5.78 Å². The summed E-state index contributed by atoms with van der Waals surface area (Å²) in [6, 6.07) is 6.39. The Morgan fingerprint density at radius 1 is 1.41 bits per heavy atom. The predicted molar refractivity (Wildman–Crippen MR) is 55.2 cm³/mol. The Kier molecular flexibility index (Phi) is 3.89. The first kappa shape index (κ1) is 13.2. The lowest BCUT2D eigenvalue weighted by molar-refractivity contribution is -0.137. The quantitative estimate of drug-likeness (QED) is 0.760. The van der Waals surface area contributed by atoms with Crippen LogP contribution in [0, 0.1) is 17.2 Å². The molecule has 0 saturated heterocycles. The van der Waals surface area contributed by atoms with Crippen LogP contribution in [0.2, 0.25) is 0 Å². The van der Waals surface area contributed by atoms with Crippen molar-refractivity contribution in [1.29, 1.82) is 5.26 Å². The van der Waals surface area contributed by atoms with E-state index in [9.17, 15) is 18.0 Å². The molecule has 1 atom stereocenters. The monoisotopic (exact) mass is 241 g/mol. The minimum absolute atomic E-state index is 0.0922. The summed E-state index contributed by atoms with van der Waals surface area (Å²) in [5, 5.41) is 8.44. The zero-order valence-corrected chi connectivity index (χ0v) is 9.08. The SMILES string of the molecule is CC(CC#N)C(=O)c1ccccc1C(F)(F)F. The Hall–Kier alpha value is -1.83. The molecule has 0 aliphatic carbocycles. The van der Waals surface area contributed by atoms with E-state index in [1.54, 1.807) is 6.07 Å². The van der Waals surface area contributed by atoms with E-state index in [0.717, 1.165) is 12.1 Å². The number of hydrogen-bond acceptors (Lipinski definition) is 2. The molecule has 0 radical (unpaired) electrons. The summed E-state index contributed by atoms with van der Waals surface area (Å²) >= 11 is 0. The second-order valence-corrected chi connectivity index (χ2v) is 3.67. The molecule has 1 aromatic rings. The van der Waals surface area contributed by atoms with Gasteiger partial charge in [0.1, 0.15) is 0 Å². The van der Waals surface area contributed by atoms with Crippen molar-refractivity contribution in [2.75, 3.05) is 0 Å². The van der Waals surface area contributed by atoms with Gasteiger partial charge in [-0.3, -0.25) is 4.79 Å². The first-order chi connectivity index (χ1) is 7.88. The number of carbonyl (C=O) groups excluding carboxylic acids is 1. The molecule has 1 unspecified atom stereocenters. The molecule has 17 heavy (non-hydrogen) atoms. The van der Waals surface area contributed by atoms with Crippen molar-refractivity contribution in [2.45, 2.75) is 19.5 Å². The van der Waals surface area contributed by atoms with Gasteiger partial charge in [0, 0.05) is 17.9 Å². The highest BCUT2D eigenvalue weighted by Gasteiger charge is 2.35. The van der Waals surface area contributed by atoms with Crippen molar-refractivity contribution in [3.05, 3.63) is 35.4 Å². The summed E-state index contributed by atoms with van der Waals surface area (Å²) in [5.74, 6) is -1.39. The van der Waals surface area contributed by atoms with Crippen LogP contribution in [0.25, 0.3) is 0 Å². The number of rotatable bonds is 3. The Labute approximate surface area is 96.7 Å². The van der Waals surface area contributed by atoms with Crippen molar-refractivity contribution in [2.24, 2.45) is 5.92 Å². The number of nitrogens with zero attached hydrogens (tertiary/aromatic N) is 1. The zero-order valence-electron chi connectivity index (χ0n) is 9.08. The molecule has 0 spiro atoms. The summed E-state index contributed by atoms with van der Waals surface area (Å²) in [6.07, 6.45) is -4.65. The summed E-state index contributed by atoms with van der Waals surface area (Å²) in [5.41, 5.74) is -1.32. The van der Waals surface area contributed by atoms with Crippen molar-refractivity contribution in [1.82, 2.24) is 0 Å². The number of alkyl halides is 3. The van der Waals surface area contributed by atoms with Gasteiger partial charge in [-0.15, -0.1) is 0 Å². The maximum atomic E-state index is 12.6. The lowest BCUT2D eigenvalue weighted by atomic mass is 9.93. The maximum absolute atomic E-state index is 12.6. The van der Waals surface area contributed by atoms with Gasteiger partial charge in [-0.05, 0) is 6.07 Å². The third-order valence-corrected chi connectivity index (χ3v) is 2.34. The average molecular weight is 241 g/mol. The predicted octanol–water partition coefficient (Wildman–Crippen LogP) is 3.44. The van der Waals surface area contributed by atoms with Gasteiger partial charge in [0.25, 0.3) is 0 Å². The molecule has 1 rings (SSSR count). The van der Waals surface area contributed by atoms with Crippen LogP contribution >= 0.6 is 0 Å². The second-order valence-electron chi connectivity index (χ2n) is 3.67. The summed E-state index contributed by atoms with van der Waals surface area (Å²) in [6.45, 7) is 1.44. The number of ketones is 1. The molecule has 2 nitrogen and oxygen atoms in total. The normalized spacial score (nSPS) is 12.9. The minimum Gasteiger partial charge on any atom is -0.294 e. The molecule has 0 fully saturated rings. The van der Waals surface area contributed by atoms with Crippen LogP contribution in [0.15, 0.2) is 24.3 Å². The molecular weight excluding hydrogens is 231 g/mol. The van der Waals surface area contributed by atoms with Gasteiger partial charge in [-0.25, -0.2) is 0 Å². The number of halogens is 3. The van der Waals surface area contributed by atoms with E-state index in [1.165, 1.54) is 19.1 Å². The summed E-state index contributed by atoms with van der Waals surface area (Å²) < 4.78 is 37.9. The van der Waals surface area contributed by atoms with Crippen molar-refractivity contribution >= 4 is 5.78 Å². The van der Waals surface area contributed by atoms with Gasteiger partial charge >= 0.3 is 6.18 Å². The van der Waals surface area contributed by atoms with Crippen LogP contribution in [0.1, 0.15) is 29.3 Å². The number of carbonyl (C=O) groups is 1. The fraction of sp³-hybridized carbons (Fsp3) is 0.333. The molecule has 1 aromatic carbocycles. The van der Waals surface area contributed by atoms with Gasteiger partial charge < -0.3 is 0 Å². The molecule has 0 aromatic heterocycles. The fourth-order valence-corrected chi connectivity index (χ4v) is 1.44. The summed E-state index contributed by atoms with van der Waals surface area (Å²) in [4.78, 5) is 11.8. The maximum Gasteiger partial charge on any atom is 0.417 e. The molecule has 0 aliphatic heterocycles. The first-order valence-corrected chi connectivity index (χ1v) is 4.95. The van der Waals surface area contributed by atoms with E-state index in [4.69, 9.17) is 5.26 Å². The zero-order chi connectivity index (χ0) is 13.1. The third kappa shape index (κ3) is 3.06. The molecule has 0 bridgehead atoms. The number of hydrogen-bond donors (Lipinski definition) is 0. The van der Waals surface area contributed by atoms with Crippen molar-refractivity contribution < 1.29 is 18.0 Å². The van der Waals surface area contributed by atoms with Crippen LogP contribution in [-0.4, -0.2) is 5.78 Å². The highest BCUT2D eigenvalue weighted by Crippen LogP contribution is 2.33. The van der Waals surface area contributed by atoms with Crippen LogP contribution < -0.4 is 0 Å².